The Hall–Kier alpha value is -1.26. The van der Waals surface area contributed by atoms with Gasteiger partial charge in [-0.15, -0.1) is 0 Å². The maximum Gasteiger partial charge on any atom is 0.161 e. The summed E-state index contributed by atoms with van der Waals surface area (Å²) in [6, 6.07) is 8.03. The molecule has 1 saturated heterocycles. The van der Waals surface area contributed by atoms with Gasteiger partial charge in [0.05, 0.1) is 7.11 Å². The van der Waals surface area contributed by atoms with E-state index in [1.165, 1.54) is 6.42 Å². The molecule has 1 aromatic carbocycles. The Labute approximate surface area is 115 Å². The van der Waals surface area contributed by atoms with Crippen LogP contribution in [0.3, 0.4) is 0 Å². The lowest BCUT2D eigenvalue weighted by molar-refractivity contribution is 0.142. The summed E-state index contributed by atoms with van der Waals surface area (Å²) < 4.78 is 11.0. The standard InChI is InChI=1S/C15H24N2O2/c1-12-7-8-17(11-13(12)16)9-10-19-15-6-4-3-5-14(15)18-2/h3-6,12-13H,7-11,16H2,1-2H3. The van der Waals surface area contributed by atoms with Crippen LogP contribution in [0.15, 0.2) is 24.3 Å². The van der Waals surface area contributed by atoms with E-state index in [2.05, 4.69) is 11.8 Å². The monoisotopic (exact) mass is 264 g/mol. The topological polar surface area (TPSA) is 47.7 Å². The Morgan fingerprint density at radius 3 is 2.74 bits per heavy atom. The van der Waals surface area contributed by atoms with Crippen LogP contribution in [0.1, 0.15) is 13.3 Å². The Morgan fingerprint density at radius 1 is 1.32 bits per heavy atom. The highest BCUT2D eigenvalue weighted by atomic mass is 16.5. The maximum atomic E-state index is 6.09. The van der Waals surface area contributed by atoms with Gasteiger partial charge in [-0.2, -0.15) is 0 Å². The lowest BCUT2D eigenvalue weighted by Crippen LogP contribution is -2.48. The number of nitrogens with zero attached hydrogens (tertiary/aromatic N) is 1. The Balaban J connectivity index is 1.77. The van der Waals surface area contributed by atoms with Crippen molar-refractivity contribution in [1.29, 1.82) is 0 Å². The fraction of sp³-hybridized carbons (Fsp3) is 0.600. The Morgan fingerprint density at radius 2 is 2.05 bits per heavy atom. The molecule has 106 valence electrons. The molecule has 0 amide bonds. The van der Waals surface area contributed by atoms with Crippen LogP contribution in [0.4, 0.5) is 0 Å². The third kappa shape index (κ3) is 3.85. The fourth-order valence-electron chi connectivity index (χ4n) is 2.40. The second-order valence-corrected chi connectivity index (χ2v) is 5.23. The van der Waals surface area contributed by atoms with E-state index in [1.54, 1.807) is 7.11 Å². The molecule has 1 aliphatic heterocycles. The SMILES string of the molecule is COc1ccccc1OCCN1CCC(C)C(N)C1. The van der Waals surface area contributed by atoms with Gasteiger partial charge in [0.2, 0.25) is 0 Å². The number of benzene rings is 1. The Bertz CT molecular complexity index is 397. The number of likely N-dealkylation sites (tertiary alicyclic amines) is 1. The van der Waals surface area contributed by atoms with Gasteiger partial charge in [-0.3, -0.25) is 4.90 Å². The summed E-state index contributed by atoms with van der Waals surface area (Å²) in [6.45, 7) is 5.90. The van der Waals surface area contributed by atoms with Crippen LogP contribution < -0.4 is 15.2 Å². The van der Waals surface area contributed by atoms with Crippen LogP contribution in [0.25, 0.3) is 0 Å². The molecule has 1 fully saturated rings. The zero-order valence-electron chi connectivity index (χ0n) is 11.8. The predicted octanol–water partition coefficient (Wildman–Crippen LogP) is 1.74. The Kier molecular flexibility index (Phi) is 5.05. The zero-order valence-corrected chi connectivity index (χ0v) is 11.8. The third-order valence-corrected chi connectivity index (χ3v) is 3.83. The fourth-order valence-corrected chi connectivity index (χ4v) is 2.40. The molecule has 4 nitrogen and oxygen atoms in total. The van der Waals surface area contributed by atoms with Gasteiger partial charge in [-0.05, 0) is 31.0 Å². The van der Waals surface area contributed by atoms with Gasteiger partial charge in [-0.1, -0.05) is 19.1 Å². The number of para-hydroxylation sites is 2. The number of methoxy groups -OCH3 is 1. The minimum atomic E-state index is 0.292. The van der Waals surface area contributed by atoms with Crippen LogP contribution in [-0.4, -0.2) is 44.3 Å². The van der Waals surface area contributed by atoms with Crippen LogP contribution in [0, 0.1) is 5.92 Å². The molecule has 2 atom stereocenters. The maximum absolute atomic E-state index is 6.09. The van der Waals surface area contributed by atoms with Crippen molar-refractivity contribution in [2.24, 2.45) is 11.7 Å². The van der Waals surface area contributed by atoms with Crippen molar-refractivity contribution in [3.8, 4) is 11.5 Å². The molecular formula is C15H24N2O2. The number of ether oxygens (including phenoxy) is 2. The van der Waals surface area contributed by atoms with E-state index in [9.17, 15) is 0 Å². The second-order valence-electron chi connectivity index (χ2n) is 5.23. The molecular weight excluding hydrogens is 240 g/mol. The van der Waals surface area contributed by atoms with Crippen molar-refractivity contribution in [3.63, 3.8) is 0 Å². The predicted molar refractivity (Wildman–Crippen MR) is 76.7 cm³/mol. The van der Waals surface area contributed by atoms with Crippen molar-refractivity contribution in [3.05, 3.63) is 24.3 Å². The normalized spacial score (nSPS) is 24.2. The van der Waals surface area contributed by atoms with E-state index in [0.29, 0.717) is 18.6 Å². The lowest BCUT2D eigenvalue weighted by Gasteiger charge is -2.34. The van der Waals surface area contributed by atoms with Gasteiger partial charge >= 0.3 is 0 Å². The summed E-state index contributed by atoms with van der Waals surface area (Å²) in [5, 5.41) is 0. The molecule has 2 N–H and O–H groups in total. The number of nitrogens with two attached hydrogens (primary N) is 1. The van der Waals surface area contributed by atoms with Crippen molar-refractivity contribution in [2.75, 3.05) is 33.4 Å². The quantitative estimate of drug-likeness (QED) is 0.880. The number of rotatable bonds is 5. The molecule has 0 spiro atoms. The number of hydrogen-bond acceptors (Lipinski definition) is 4. The molecule has 0 bridgehead atoms. The molecule has 0 radical (unpaired) electrons. The summed E-state index contributed by atoms with van der Waals surface area (Å²) in [6.07, 6.45) is 1.18. The molecule has 2 unspecified atom stereocenters. The molecule has 0 saturated carbocycles. The lowest BCUT2D eigenvalue weighted by atomic mass is 9.94. The molecule has 2 rings (SSSR count). The summed E-state index contributed by atoms with van der Waals surface area (Å²) in [5.74, 6) is 2.22. The molecule has 1 heterocycles. The van der Waals surface area contributed by atoms with Crippen molar-refractivity contribution in [1.82, 2.24) is 4.90 Å². The minimum Gasteiger partial charge on any atom is -0.493 e. The van der Waals surface area contributed by atoms with E-state index < -0.39 is 0 Å². The largest absolute Gasteiger partial charge is 0.493 e. The van der Waals surface area contributed by atoms with Gasteiger partial charge in [0.15, 0.2) is 11.5 Å². The second kappa shape index (κ2) is 6.78. The molecule has 19 heavy (non-hydrogen) atoms. The van der Waals surface area contributed by atoms with E-state index in [4.69, 9.17) is 15.2 Å². The van der Waals surface area contributed by atoms with E-state index >= 15 is 0 Å². The molecule has 0 aromatic heterocycles. The van der Waals surface area contributed by atoms with Gasteiger partial charge in [0.25, 0.3) is 0 Å². The number of piperidine rings is 1. The smallest absolute Gasteiger partial charge is 0.161 e. The van der Waals surface area contributed by atoms with Crippen molar-refractivity contribution >= 4 is 0 Å². The summed E-state index contributed by atoms with van der Waals surface area (Å²) in [7, 11) is 1.66. The van der Waals surface area contributed by atoms with Crippen LogP contribution in [0.5, 0.6) is 11.5 Å². The highest BCUT2D eigenvalue weighted by Crippen LogP contribution is 2.25. The van der Waals surface area contributed by atoms with E-state index in [0.717, 1.165) is 31.1 Å². The average Bonchev–Trinajstić information content (AvgIpc) is 2.43. The first-order valence-electron chi connectivity index (χ1n) is 6.94. The first-order chi connectivity index (χ1) is 9.20. The summed E-state index contributed by atoms with van der Waals surface area (Å²) in [5.41, 5.74) is 6.09. The third-order valence-electron chi connectivity index (χ3n) is 3.83. The van der Waals surface area contributed by atoms with Gasteiger partial charge in [0.1, 0.15) is 6.61 Å². The number of hydrogen-bond donors (Lipinski definition) is 1. The molecule has 4 heteroatoms. The van der Waals surface area contributed by atoms with Crippen molar-refractivity contribution in [2.45, 2.75) is 19.4 Å². The van der Waals surface area contributed by atoms with Crippen LogP contribution in [0.2, 0.25) is 0 Å². The molecule has 1 aromatic rings. The minimum absolute atomic E-state index is 0.292. The van der Waals surface area contributed by atoms with Gasteiger partial charge in [-0.25, -0.2) is 0 Å². The van der Waals surface area contributed by atoms with Crippen LogP contribution in [-0.2, 0) is 0 Å². The van der Waals surface area contributed by atoms with Gasteiger partial charge < -0.3 is 15.2 Å². The molecule has 0 aliphatic carbocycles. The van der Waals surface area contributed by atoms with Gasteiger partial charge in [0, 0.05) is 19.1 Å². The van der Waals surface area contributed by atoms with Crippen LogP contribution >= 0.6 is 0 Å². The zero-order chi connectivity index (χ0) is 13.7. The highest BCUT2D eigenvalue weighted by molar-refractivity contribution is 5.39. The first kappa shape index (κ1) is 14.2. The van der Waals surface area contributed by atoms with E-state index in [1.807, 2.05) is 24.3 Å². The molecule has 1 aliphatic rings. The van der Waals surface area contributed by atoms with E-state index in [-0.39, 0.29) is 0 Å². The summed E-state index contributed by atoms with van der Waals surface area (Å²) >= 11 is 0. The highest BCUT2D eigenvalue weighted by Gasteiger charge is 2.22. The average molecular weight is 264 g/mol. The van der Waals surface area contributed by atoms with Crippen molar-refractivity contribution < 1.29 is 9.47 Å². The summed E-state index contributed by atoms with van der Waals surface area (Å²) in [4.78, 5) is 2.38. The first-order valence-corrected chi connectivity index (χ1v) is 6.94.